The van der Waals surface area contributed by atoms with Gasteiger partial charge in [-0.2, -0.15) is 0 Å². The predicted molar refractivity (Wildman–Crippen MR) is 94.5 cm³/mol. The number of fused-ring (bicyclic) bond motifs is 1. The zero-order valence-corrected chi connectivity index (χ0v) is 14.5. The molecule has 2 aliphatic rings. The van der Waals surface area contributed by atoms with Gasteiger partial charge in [-0.05, 0) is 58.1 Å². The Morgan fingerprint density at radius 1 is 0.955 bits per heavy atom. The summed E-state index contributed by atoms with van der Waals surface area (Å²) in [6.45, 7) is 9.28. The van der Waals surface area contributed by atoms with Crippen molar-refractivity contribution in [3.05, 3.63) is 29.8 Å². The third-order valence-corrected chi connectivity index (χ3v) is 6.00. The van der Waals surface area contributed by atoms with Crippen molar-refractivity contribution in [3.8, 4) is 0 Å². The molecule has 22 heavy (non-hydrogen) atoms. The van der Waals surface area contributed by atoms with E-state index in [1.54, 1.807) is 0 Å². The van der Waals surface area contributed by atoms with Crippen LogP contribution >= 0.6 is 0 Å². The van der Waals surface area contributed by atoms with Crippen LogP contribution in [0.25, 0.3) is 0 Å². The summed E-state index contributed by atoms with van der Waals surface area (Å²) in [5, 5.41) is 0. The molecule has 1 heterocycles. The molecule has 1 aliphatic carbocycles. The third-order valence-electron chi connectivity index (χ3n) is 6.00. The van der Waals surface area contributed by atoms with Crippen LogP contribution in [0.3, 0.4) is 0 Å². The number of hydrogen-bond acceptors (Lipinski definition) is 1. The monoisotopic (exact) mass is 301 g/mol. The van der Waals surface area contributed by atoms with E-state index in [0.717, 1.165) is 25.0 Å². The fourth-order valence-electron chi connectivity index (χ4n) is 4.76. The first-order valence-corrected chi connectivity index (χ1v) is 9.50. The van der Waals surface area contributed by atoms with Crippen LogP contribution in [0.4, 0.5) is 5.69 Å². The zero-order chi connectivity index (χ0) is 15.4. The van der Waals surface area contributed by atoms with Gasteiger partial charge in [0, 0.05) is 30.3 Å². The second-order valence-electron chi connectivity index (χ2n) is 7.22. The van der Waals surface area contributed by atoms with Gasteiger partial charge in [0.1, 0.15) is 6.54 Å². The van der Waals surface area contributed by atoms with Crippen LogP contribution in [-0.4, -0.2) is 25.7 Å². The molecule has 2 nitrogen and oxygen atoms in total. The van der Waals surface area contributed by atoms with Crippen LogP contribution in [0, 0.1) is 5.92 Å². The number of likely N-dealkylation sites (tertiary alicyclic amines) is 1. The summed E-state index contributed by atoms with van der Waals surface area (Å²) in [4.78, 5) is 4.29. The maximum absolute atomic E-state index is 2.43. The molecule has 1 aliphatic heterocycles. The fraction of sp³-hybridized carbons (Fsp3) is 0.700. The largest absolute Gasteiger partial charge is 0.372 e. The van der Waals surface area contributed by atoms with Crippen LogP contribution < -0.4 is 9.80 Å². The molecule has 0 aromatic heterocycles. The fourth-order valence-corrected chi connectivity index (χ4v) is 4.76. The first kappa shape index (κ1) is 15.9. The second kappa shape index (κ2) is 7.50. The maximum Gasteiger partial charge on any atom is 0.103 e. The van der Waals surface area contributed by atoms with Crippen molar-refractivity contribution in [3.63, 3.8) is 0 Å². The van der Waals surface area contributed by atoms with Gasteiger partial charge in [-0.3, -0.25) is 0 Å². The molecule has 0 amide bonds. The van der Waals surface area contributed by atoms with Gasteiger partial charge in [-0.15, -0.1) is 0 Å². The molecule has 2 heteroatoms. The topological polar surface area (TPSA) is 7.68 Å². The van der Waals surface area contributed by atoms with Gasteiger partial charge in [0.2, 0.25) is 0 Å². The zero-order valence-electron chi connectivity index (χ0n) is 14.5. The Morgan fingerprint density at radius 2 is 1.64 bits per heavy atom. The Morgan fingerprint density at radius 3 is 2.36 bits per heavy atom. The van der Waals surface area contributed by atoms with E-state index in [-0.39, 0.29) is 0 Å². The smallest absolute Gasteiger partial charge is 0.103 e. The minimum Gasteiger partial charge on any atom is -0.372 e. The average Bonchev–Trinajstić information content (AvgIpc) is 2.58. The molecule has 1 N–H and O–H groups in total. The van der Waals surface area contributed by atoms with E-state index in [4.69, 9.17) is 0 Å². The molecule has 3 rings (SSSR count). The van der Waals surface area contributed by atoms with Gasteiger partial charge in [-0.25, -0.2) is 0 Å². The number of nitrogens with one attached hydrogen (secondary N) is 1. The maximum atomic E-state index is 2.43. The van der Waals surface area contributed by atoms with E-state index in [1.807, 2.05) is 4.90 Å². The van der Waals surface area contributed by atoms with E-state index in [2.05, 4.69) is 43.0 Å². The van der Waals surface area contributed by atoms with Gasteiger partial charge >= 0.3 is 0 Å². The molecular weight excluding hydrogens is 268 g/mol. The molecule has 1 saturated carbocycles. The van der Waals surface area contributed by atoms with E-state index in [0.29, 0.717) is 0 Å². The molecule has 2 fully saturated rings. The van der Waals surface area contributed by atoms with Crippen molar-refractivity contribution in [1.29, 1.82) is 0 Å². The molecule has 122 valence electrons. The number of rotatable bonds is 5. The first-order chi connectivity index (χ1) is 10.8. The van der Waals surface area contributed by atoms with E-state index in [1.165, 1.54) is 62.9 Å². The average molecular weight is 301 g/mol. The van der Waals surface area contributed by atoms with Crippen molar-refractivity contribution in [2.45, 2.75) is 65.0 Å². The number of benzene rings is 1. The summed E-state index contributed by atoms with van der Waals surface area (Å²) in [5.41, 5.74) is 2.90. The number of nitrogens with zero attached hydrogens (tertiary/aromatic N) is 1. The van der Waals surface area contributed by atoms with Crippen LogP contribution in [-0.2, 0) is 6.54 Å². The Labute approximate surface area is 136 Å². The lowest BCUT2D eigenvalue weighted by molar-refractivity contribution is -0.949. The molecule has 0 radical (unpaired) electrons. The lowest BCUT2D eigenvalue weighted by Gasteiger charge is -2.41. The molecule has 1 aromatic rings. The SMILES string of the molecule is CCN(CC)c1ccc(C[NH+]2CCC[C@H]3CCCC[C@@H]32)cc1. The normalized spacial score (nSPS) is 28.2. The van der Waals surface area contributed by atoms with Crippen LogP contribution in [0.5, 0.6) is 0 Å². The number of anilines is 1. The highest BCUT2D eigenvalue weighted by Gasteiger charge is 2.36. The van der Waals surface area contributed by atoms with Crippen molar-refractivity contribution in [2.24, 2.45) is 5.92 Å². The molecule has 0 spiro atoms. The lowest BCUT2D eigenvalue weighted by Crippen LogP contribution is -3.16. The first-order valence-electron chi connectivity index (χ1n) is 9.50. The van der Waals surface area contributed by atoms with Gasteiger partial charge in [-0.1, -0.05) is 18.6 Å². The third kappa shape index (κ3) is 3.48. The minimum atomic E-state index is 0.949. The van der Waals surface area contributed by atoms with Crippen LogP contribution in [0.2, 0.25) is 0 Å². The molecule has 1 saturated heterocycles. The highest BCUT2D eigenvalue weighted by atomic mass is 15.2. The molecule has 3 atom stereocenters. The summed E-state index contributed by atoms with van der Waals surface area (Å²) in [7, 11) is 0. The number of hydrogen-bond donors (Lipinski definition) is 1. The van der Waals surface area contributed by atoms with Crippen molar-refractivity contribution < 1.29 is 4.90 Å². The Balaban J connectivity index is 1.64. The summed E-state index contributed by atoms with van der Waals surface area (Å²) in [5.74, 6) is 1.02. The molecular formula is C20H33N2+. The Kier molecular flexibility index (Phi) is 5.41. The summed E-state index contributed by atoms with van der Waals surface area (Å²) in [6, 6.07) is 10.3. The van der Waals surface area contributed by atoms with Crippen LogP contribution in [0.1, 0.15) is 57.9 Å². The van der Waals surface area contributed by atoms with E-state index >= 15 is 0 Å². The second-order valence-corrected chi connectivity index (χ2v) is 7.22. The standard InChI is InChI=1S/C20H32N2/c1-3-21(4-2)19-13-11-17(12-14-19)16-22-15-7-9-18-8-5-6-10-20(18)22/h11-14,18,20H,3-10,15-16H2,1-2H3/p+1/t18-,20+/m1/s1. The summed E-state index contributed by atoms with van der Waals surface area (Å²) < 4.78 is 0. The number of piperidine rings is 1. The molecule has 0 bridgehead atoms. The highest BCUT2D eigenvalue weighted by Crippen LogP contribution is 2.28. The molecule has 1 unspecified atom stereocenters. The minimum absolute atomic E-state index is 0.949. The number of quaternary nitrogens is 1. The van der Waals surface area contributed by atoms with Gasteiger partial charge in [0.15, 0.2) is 0 Å². The van der Waals surface area contributed by atoms with Crippen molar-refractivity contribution in [2.75, 3.05) is 24.5 Å². The van der Waals surface area contributed by atoms with Crippen molar-refractivity contribution in [1.82, 2.24) is 0 Å². The quantitative estimate of drug-likeness (QED) is 0.877. The van der Waals surface area contributed by atoms with Gasteiger partial charge < -0.3 is 9.80 Å². The van der Waals surface area contributed by atoms with E-state index < -0.39 is 0 Å². The lowest BCUT2D eigenvalue weighted by atomic mass is 9.78. The van der Waals surface area contributed by atoms with E-state index in [9.17, 15) is 0 Å². The van der Waals surface area contributed by atoms with Crippen molar-refractivity contribution >= 4 is 5.69 Å². The summed E-state index contributed by atoms with van der Waals surface area (Å²) >= 11 is 0. The van der Waals surface area contributed by atoms with Gasteiger partial charge in [0.05, 0.1) is 12.6 Å². The molecule has 1 aromatic carbocycles. The Bertz CT molecular complexity index is 447. The highest BCUT2D eigenvalue weighted by molar-refractivity contribution is 5.47. The van der Waals surface area contributed by atoms with Crippen LogP contribution in [0.15, 0.2) is 24.3 Å². The Hall–Kier alpha value is -1.02. The predicted octanol–water partition coefficient (Wildman–Crippen LogP) is 3.27. The van der Waals surface area contributed by atoms with Gasteiger partial charge in [0.25, 0.3) is 0 Å². The summed E-state index contributed by atoms with van der Waals surface area (Å²) in [6.07, 6.45) is 8.84.